The molecule has 0 heterocycles. The SMILES string of the molecule is COc1cc(C(O)C(CO)c2cc(O)c(OC)cc2C(Oc2ccc(/C(O)=C(/O)CO)cc2OC)C(O)CO)ccc1O. The normalized spacial score (nSPS) is 14.7. The lowest BCUT2D eigenvalue weighted by molar-refractivity contribution is -0.00418. The van der Waals surface area contributed by atoms with Crippen molar-refractivity contribution in [2.75, 3.05) is 41.2 Å². The molecule has 0 radical (unpaired) electrons. The van der Waals surface area contributed by atoms with E-state index in [1.54, 1.807) is 0 Å². The summed E-state index contributed by atoms with van der Waals surface area (Å²) in [5.41, 5.74) is 0.579. The molecule has 0 saturated heterocycles. The molecular weight excluding hydrogens is 568 g/mol. The van der Waals surface area contributed by atoms with E-state index in [-0.39, 0.29) is 56.8 Å². The van der Waals surface area contributed by atoms with Crippen LogP contribution in [0.25, 0.3) is 5.76 Å². The highest BCUT2D eigenvalue weighted by Crippen LogP contribution is 2.44. The molecule has 0 fully saturated rings. The van der Waals surface area contributed by atoms with Crippen molar-refractivity contribution >= 4 is 5.76 Å². The van der Waals surface area contributed by atoms with Gasteiger partial charge < -0.3 is 64.9 Å². The fourth-order valence-corrected chi connectivity index (χ4v) is 4.55. The van der Waals surface area contributed by atoms with E-state index >= 15 is 0 Å². The quantitative estimate of drug-likeness (QED) is 0.121. The second-order valence-corrected chi connectivity index (χ2v) is 9.43. The lowest BCUT2D eigenvalue weighted by Gasteiger charge is -2.31. The van der Waals surface area contributed by atoms with E-state index in [0.29, 0.717) is 0 Å². The first-order chi connectivity index (χ1) is 20.5. The molecule has 4 atom stereocenters. The molecule has 3 rings (SSSR count). The predicted molar refractivity (Wildman–Crippen MR) is 153 cm³/mol. The molecule has 0 aliphatic heterocycles. The summed E-state index contributed by atoms with van der Waals surface area (Å²) < 4.78 is 21.9. The van der Waals surface area contributed by atoms with E-state index in [4.69, 9.17) is 24.1 Å². The minimum Gasteiger partial charge on any atom is -0.506 e. The minimum atomic E-state index is -1.59. The molecular formula is C30H36O13. The van der Waals surface area contributed by atoms with Crippen LogP contribution in [-0.4, -0.2) is 93.2 Å². The second-order valence-electron chi connectivity index (χ2n) is 9.43. The summed E-state index contributed by atoms with van der Waals surface area (Å²) in [6.45, 7) is -2.25. The average molecular weight is 605 g/mol. The summed E-state index contributed by atoms with van der Waals surface area (Å²) in [6, 6.07) is 10.7. The molecule has 0 aliphatic carbocycles. The van der Waals surface area contributed by atoms with Crippen LogP contribution in [0.15, 0.2) is 54.3 Å². The highest BCUT2D eigenvalue weighted by atomic mass is 16.5. The molecule has 3 aromatic rings. The van der Waals surface area contributed by atoms with Crippen molar-refractivity contribution in [3.05, 3.63) is 76.5 Å². The van der Waals surface area contributed by atoms with Crippen LogP contribution in [-0.2, 0) is 0 Å². The van der Waals surface area contributed by atoms with Gasteiger partial charge in [-0.15, -0.1) is 0 Å². The first-order valence-electron chi connectivity index (χ1n) is 13.0. The molecule has 0 amide bonds. The number of hydrogen-bond donors (Lipinski definition) is 9. The van der Waals surface area contributed by atoms with Gasteiger partial charge in [-0.25, -0.2) is 0 Å². The van der Waals surface area contributed by atoms with Crippen molar-refractivity contribution in [2.24, 2.45) is 0 Å². The Labute approximate surface area is 247 Å². The van der Waals surface area contributed by atoms with Gasteiger partial charge in [-0.2, -0.15) is 0 Å². The summed E-state index contributed by atoms with van der Waals surface area (Å²) in [4.78, 5) is 0. The summed E-state index contributed by atoms with van der Waals surface area (Å²) in [5.74, 6) is -2.84. The minimum absolute atomic E-state index is 0.0161. The highest BCUT2D eigenvalue weighted by Gasteiger charge is 2.33. The summed E-state index contributed by atoms with van der Waals surface area (Å²) in [5, 5.41) is 92.3. The summed E-state index contributed by atoms with van der Waals surface area (Å²) in [6.07, 6.45) is -4.41. The zero-order chi connectivity index (χ0) is 31.8. The number of phenolic OH excluding ortho intramolecular Hbond substituents is 2. The number of ether oxygens (including phenoxy) is 4. The van der Waals surface area contributed by atoms with Crippen molar-refractivity contribution in [3.8, 4) is 34.5 Å². The standard InChI is InChI=1S/C30H36O13/c1-40-25-8-15(4-6-20(25)34)28(38)19(12-31)17-10-21(35)26(41-2)11-18(17)30(23(37)14-33)43-24-7-5-16(9-27(24)42-3)29(39)22(36)13-32/h4-11,19,23,28,30-39H,12-14H2,1-3H3/b29-22-. The van der Waals surface area contributed by atoms with Gasteiger partial charge in [0.2, 0.25) is 0 Å². The third-order valence-electron chi connectivity index (χ3n) is 6.86. The average Bonchev–Trinajstić information content (AvgIpc) is 3.03. The maximum absolute atomic E-state index is 11.3. The number of benzene rings is 3. The van der Waals surface area contributed by atoms with Gasteiger partial charge in [-0.05, 0) is 53.6 Å². The van der Waals surface area contributed by atoms with Crippen LogP contribution in [0.2, 0.25) is 0 Å². The van der Waals surface area contributed by atoms with Gasteiger partial charge in [0.25, 0.3) is 0 Å². The molecule has 9 N–H and O–H groups in total. The van der Waals surface area contributed by atoms with Crippen LogP contribution in [0, 0.1) is 0 Å². The van der Waals surface area contributed by atoms with E-state index in [9.17, 15) is 40.9 Å². The van der Waals surface area contributed by atoms with Crippen LogP contribution >= 0.6 is 0 Å². The zero-order valence-electron chi connectivity index (χ0n) is 23.7. The predicted octanol–water partition coefficient (Wildman–Crippen LogP) is 2.18. The number of rotatable bonds is 14. The van der Waals surface area contributed by atoms with Crippen molar-refractivity contribution < 1.29 is 64.9 Å². The van der Waals surface area contributed by atoms with E-state index in [1.807, 2.05) is 0 Å². The third kappa shape index (κ3) is 7.16. The van der Waals surface area contributed by atoms with E-state index in [0.717, 1.165) is 0 Å². The van der Waals surface area contributed by atoms with Crippen LogP contribution < -0.4 is 18.9 Å². The molecule has 0 spiro atoms. The lowest BCUT2D eigenvalue weighted by atomic mass is 9.84. The monoisotopic (exact) mass is 604 g/mol. The van der Waals surface area contributed by atoms with Crippen LogP contribution in [0.1, 0.15) is 40.4 Å². The molecule has 13 heteroatoms. The fourth-order valence-electron chi connectivity index (χ4n) is 4.55. The Hall–Kier alpha value is -4.40. The maximum Gasteiger partial charge on any atom is 0.163 e. The van der Waals surface area contributed by atoms with Gasteiger partial charge in [0.1, 0.15) is 12.7 Å². The zero-order valence-corrected chi connectivity index (χ0v) is 23.7. The molecule has 0 bridgehead atoms. The molecule has 43 heavy (non-hydrogen) atoms. The first-order valence-corrected chi connectivity index (χ1v) is 13.0. The first kappa shape index (κ1) is 33.1. The van der Waals surface area contributed by atoms with Crippen molar-refractivity contribution in [3.63, 3.8) is 0 Å². The molecule has 234 valence electrons. The summed E-state index contributed by atoms with van der Waals surface area (Å²) in [7, 11) is 3.93. The number of hydrogen-bond acceptors (Lipinski definition) is 13. The lowest BCUT2D eigenvalue weighted by Crippen LogP contribution is -2.29. The molecule has 4 unspecified atom stereocenters. The number of phenols is 2. The Morgan fingerprint density at radius 2 is 1.35 bits per heavy atom. The van der Waals surface area contributed by atoms with E-state index in [1.165, 1.54) is 69.9 Å². The van der Waals surface area contributed by atoms with E-state index in [2.05, 4.69) is 0 Å². The Balaban J connectivity index is 2.18. The van der Waals surface area contributed by atoms with Crippen molar-refractivity contribution in [1.29, 1.82) is 0 Å². The van der Waals surface area contributed by atoms with Gasteiger partial charge in [0.05, 0.1) is 40.6 Å². The van der Waals surface area contributed by atoms with Crippen molar-refractivity contribution in [2.45, 2.75) is 24.2 Å². The van der Waals surface area contributed by atoms with Crippen molar-refractivity contribution in [1.82, 2.24) is 0 Å². The number of aliphatic hydroxyl groups excluding tert-OH is 7. The second kappa shape index (κ2) is 14.7. The molecule has 0 aliphatic rings. The number of aromatic hydroxyl groups is 2. The largest absolute Gasteiger partial charge is 0.506 e. The Morgan fingerprint density at radius 1 is 0.698 bits per heavy atom. The Morgan fingerprint density at radius 3 is 1.93 bits per heavy atom. The topological polar surface area (TPSA) is 219 Å². The Kier molecular flexibility index (Phi) is 11.3. The highest BCUT2D eigenvalue weighted by molar-refractivity contribution is 5.64. The van der Waals surface area contributed by atoms with Gasteiger partial charge >= 0.3 is 0 Å². The smallest absolute Gasteiger partial charge is 0.163 e. The number of aliphatic hydroxyl groups is 7. The molecule has 0 aromatic heterocycles. The maximum atomic E-state index is 11.3. The van der Waals surface area contributed by atoms with Crippen LogP contribution in [0.4, 0.5) is 0 Å². The molecule has 13 nitrogen and oxygen atoms in total. The molecule has 3 aromatic carbocycles. The van der Waals surface area contributed by atoms with Gasteiger partial charge in [-0.1, -0.05) is 6.07 Å². The Bertz CT molecular complexity index is 1420. The fraction of sp³-hybridized carbons (Fsp3) is 0.333. The van der Waals surface area contributed by atoms with Crippen LogP contribution in [0.3, 0.4) is 0 Å². The van der Waals surface area contributed by atoms with Gasteiger partial charge in [0.15, 0.2) is 52.1 Å². The van der Waals surface area contributed by atoms with Crippen LogP contribution in [0.5, 0.6) is 34.5 Å². The molecule has 0 saturated carbocycles. The number of methoxy groups -OCH3 is 3. The van der Waals surface area contributed by atoms with Gasteiger partial charge in [-0.3, -0.25) is 0 Å². The van der Waals surface area contributed by atoms with Gasteiger partial charge in [0, 0.05) is 17.0 Å². The summed E-state index contributed by atoms with van der Waals surface area (Å²) >= 11 is 0. The third-order valence-corrected chi connectivity index (χ3v) is 6.86. The van der Waals surface area contributed by atoms with E-state index < -0.39 is 55.6 Å².